The molecule has 1 atom stereocenters. The molecule has 0 bridgehead atoms. The molecule has 0 aromatic heterocycles. The van der Waals surface area contributed by atoms with Crippen molar-refractivity contribution in [1.82, 2.24) is 5.32 Å². The van der Waals surface area contributed by atoms with Gasteiger partial charge in [0, 0.05) is 17.8 Å². The van der Waals surface area contributed by atoms with Crippen molar-refractivity contribution < 1.29 is 4.74 Å². The second-order valence-electron chi connectivity index (χ2n) is 5.27. The summed E-state index contributed by atoms with van der Waals surface area (Å²) in [5.41, 5.74) is 3.40. The summed E-state index contributed by atoms with van der Waals surface area (Å²) in [5, 5.41) is 3.58. The van der Waals surface area contributed by atoms with Gasteiger partial charge in [-0.05, 0) is 18.1 Å². The fourth-order valence-electron chi connectivity index (χ4n) is 2.45. The zero-order chi connectivity index (χ0) is 15.2. The van der Waals surface area contributed by atoms with Crippen LogP contribution in [0.4, 0.5) is 0 Å². The van der Waals surface area contributed by atoms with E-state index in [-0.39, 0.29) is 6.04 Å². The van der Waals surface area contributed by atoms with Crippen LogP contribution in [-0.4, -0.2) is 19.0 Å². The lowest BCUT2D eigenvalue weighted by molar-refractivity contribution is 0.350. The number of hydrogen-bond acceptors (Lipinski definition) is 3. The van der Waals surface area contributed by atoms with Crippen LogP contribution in [0.2, 0.25) is 0 Å². The summed E-state index contributed by atoms with van der Waals surface area (Å²) >= 11 is 0. The van der Waals surface area contributed by atoms with E-state index in [1.807, 2.05) is 30.3 Å². The van der Waals surface area contributed by atoms with Gasteiger partial charge in [0.15, 0.2) is 0 Å². The molecule has 3 heteroatoms. The predicted octanol–water partition coefficient (Wildman–Crippen LogP) is 3.81. The zero-order valence-electron chi connectivity index (χ0n) is 12.7. The number of aliphatic imine (C=N–C) groups is 1. The molecule has 112 valence electrons. The Bertz CT molecular complexity index is 662. The summed E-state index contributed by atoms with van der Waals surface area (Å²) in [5.74, 6) is 0.701. The number of nitrogens with zero attached hydrogens (tertiary/aromatic N) is 1. The number of benzene rings is 2. The number of nitrogens with one attached hydrogen (secondary N) is 1. The van der Waals surface area contributed by atoms with E-state index >= 15 is 0 Å². The van der Waals surface area contributed by atoms with Gasteiger partial charge < -0.3 is 10.1 Å². The van der Waals surface area contributed by atoms with E-state index in [1.54, 1.807) is 0 Å². The Balaban J connectivity index is 1.86. The first kappa shape index (κ1) is 14.4. The standard InChI is InChI=1S/C19H20N2O/c1-15(16-8-4-2-5-9-16)21-18(14-19-20-12-13-22-19)17-10-6-3-7-11-17/h2-11,14-15,21H,12-13H2,1H3/b18-14+/t15-/m1/s1. The molecule has 1 N–H and O–H groups in total. The van der Waals surface area contributed by atoms with Crippen molar-refractivity contribution >= 4 is 11.6 Å². The molecule has 0 saturated heterocycles. The molecule has 1 aliphatic heterocycles. The van der Waals surface area contributed by atoms with Crippen molar-refractivity contribution in [3.05, 3.63) is 77.9 Å². The Morgan fingerprint density at radius 3 is 2.41 bits per heavy atom. The number of ether oxygens (including phenoxy) is 1. The SMILES string of the molecule is C[C@@H](N/C(=C/C1=NCCO1)c1ccccc1)c1ccccc1. The average Bonchev–Trinajstić information content (AvgIpc) is 3.09. The van der Waals surface area contributed by atoms with E-state index in [9.17, 15) is 0 Å². The van der Waals surface area contributed by atoms with Crippen LogP contribution in [0.15, 0.2) is 71.7 Å². The third-order valence-corrected chi connectivity index (χ3v) is 3.63. The zero-order valence-corrected chi connectivity index (χ0v) is 12.7. The highest BCUT2D eigenvalue weighted by Crippen LogP contribution is 2.19. The second kappa shape index (κ2) is 6.94. The van der Waals surface area contributed by atoms with E-state index in [2.05, 4.69) is 53.6 Å². The minimum Gasteiger partial charge on any atom is -0.476 e. The number of rotatable bonds is 5. The molecule has 3 nitrogen and oxygen atoms in total. The molecule has 3 rings (SSSR count). The summed E-state index contributed by atoms with van der Waals surface area (Å²) in [6.07, 6.45) is 1.99. The van der Waals surface area contributed by atoms with Crippen LogP contribution in [-0.2, 0) is 4.74 Å². The monoisotopic (exact) mass is 292 g/mol. The molecule has 1 aliphatic rings. The van der Waals surface area contributed by atoms with Gasteiger partial charge in [-0.25, -0.2) is 4.99 Å². The summed E-state index contributed by atoms with van der Waals surface area (Å²) in [7, 11) is 0. The van der Waals surface area contributed by atoms with E-state index < -0.39 is 0 Å². The maximum absolute atomic E-state index is 5.53. The van der Waals surface area contributed by atoms with Crippen LogP contribution in [0, 0.1) is 0 Å². The van der Waals surface area contributed by atoms with Crippen molar-refractivity contribution in [3.63, 3.8) is 0 Å². The van der Waals surface area contributed by atoms with Crippen molar-refractivity contribution in [2.24, 2.45) is 4.99 Å². The largest absolute Gasteiger partial charge is 0.476 e. The van der Waals surface area contributed by atoms with Crippen LogP contribution >= 0.6 is 0 Å². The molecular formula is C19H20N2O. The first-order valence-electron chi connectivity index (χ1n) is 7.59. The summed E-state index contributed by atoms with van der Waals surface area (Å²) in [6.45, 7) is 3.56. The Morgan fingerprint density at radius 1 is 1.09 bits per heavy atom. The van der Waals surface area contributed by atoms with Crippen LogP contribution in [0.25, 0.3) is 5.70 Å². The highest BCUT2D eigenvalue weighted by molar-refractivity contribution is 5.95. The maximum atomic E-state index is 5.53. The third-order valence-electron chi connectivity index (χ3n) is 3.63. The summed E-state index contributed by atoms with van der Waals surface area (Å²) in [4.78, 5) is 4.36. The molecule has 0 amide bonds. The second-order valence-corrected chi connectivity index (χ2v) is 5.27. The highest BCUT2D eigenvalue weighted by Gasteiger charge is 2.11. The molecule has 0 saturated carbocycles. The van der Waals surface area contributed by atoms with Crippen molar-refractivity contribution in [1.29, 1.82) is 0 Å². The predicted molar refractivity (Wildman–Crippen MR) is 90.7 cm³/mol. The van der Waals surface area contributed by atoms with Gasteiger partial charge in [0.25, 0.3) is 0 Å². The molecule has 22 heavy (non-hydrogen) atoms. The maximum Gasteiger partial charge on any atom is 0.210 e. The summed E-state index contributed by atoms with van der Waals surface area (Å²) < 4.78 is 5.53. The van der Waals surface area contributed by atoms with Crippen molar-refractivity contribution in [2.75, 3.05) is 13.2 Å². The van der Waals surface area contributed by atoms with Gasteiger partial charge in [-0.1, -0.05) is 60.7 Å². The first-order valence-corrected chi connectivity index (χ1v) is 7.59. The van der Waals surface area contributed by atoms with E-state index in [1.165, 1.54) is 5.56 Å². The fourth-order valence-corrected chi connectivity index (χ4v) is 2.45. The molecule has 1 heterocycles. The molecule has 0 unspecified atom stereocenters. The normalized spacial score (nSPS) is 15.9. The Kier molecular flexibility index (Phi) is 4.54. The average molecular weight is 292 g/mol. The van der Waals surface area contributed by atoms with Gasteiger partial charge in [-0.3, -0.25) is 0 Å². The minimum atomic E-state index is 0.203. The van der Waals surface area contributed by atoms with Crippen LogP contribution < -0.4 is 5.32 Å². The van der Waals surface area contributed by atoms with Gasteiger partial charge in [0.05, 0.1) is 6.54 Å². The van der Waals surface area contributed by atoms with Crippen LogP contribution in [0.1, 0.15) is 24.1 Å². The Labute approximate surface area is 131 Å². The van der Waals surface area contributed by atoms with Crippen molar-refractivity contribution in [2.45, 2.75) is 13.0 Å². The topological polar surface area (TPSA) is 33.6 Å². The molecule has 0 fully saturated rings. The minimum absolute atomic E-state index is 0.203. The third kappa shape index (κ3) is 3.55. The fraction of sp³-hybridized carbons (Fsp3) is 0.211. The van der Waals surface area contributed by atoms with E-state index in [0.717, 1.165) is 17.8 Å². The lowest BCUT2D eigenvalue weighted by Gasteiger charge is -2.19. The molecule has 0 radical (unpaired) electrons. The summed E-state index contributed by atoms with van der Waals surface area (Å²) in [6, 6.07) is 20.9. The first-order chi connectivity index (χ1) is 10.8. The van der Waals surface area contributed by atoms with Gasteiger partial charge in [0.2, 0.25) is 5.90 Å². The molecular weight excluding hydrogens is 272 g/mol. The molecule has 0 spiro atoms. The lowest BCUT2D eigenvalue weighted by atomic mass is 10.1. The van der Waals surface area contributed by atoms with Gasteiger partial charge >= 0.3 is 0 Å². The molecule has 2 aromatic rings. The van der Waals surface area contributed by atoms with Crippen molar-refractivity contribution in [3.8, 4) is 0 Å². The number of hydrogen-bond donors (Lipinski definition) is 1. The Hall–Kier alpha value is -2.55. The molecule has 2 aromatic carbocycles. The highest BCUT2D eigenvalue weighted by atomic mass is 16.5. The lowest BCUT2D eigenvalue weighted by Crippen LogP contribution is -2.18. The van der Waals surface area contributed by atoms with Crippen LogP contribution in [0.5, 0.6) is 0 Å². The van der Waals surface area contributed by atoms with E-state index in [0.29, 0.717) is 12.5 Å². The van der Waals surface area contributed by atoms with Gasteiger partial charge in [0.1, 0.15) is 6.61 Å². The van der Waals surface area contributed by atoms with Gasteiger partial charge in [-0.15, -0.1) is 0 Å². The molecule has 0 aliphatic carbocycles. The quantitative estimate of drug-likeness (QED) is 0.909. The van der Waals surface area contributed by atoms with Crippen LogP contribution in [0.3, 0.4) is 0 Å². The van der Waals surface area contributed by atoms with Gasteiger partial charge in [-0.2, -0.15) is 0 Å². The smallest absolute Gasteiger partial charge is 0.210 e. The Morgan fingerprint density at radius 2 is 1.77 bits per heavy atom. The van der Waals surface area contributed by atoms with E-state index in [4.69, 9.17) is 4.74 Å².